The molecule has 74 valence electrons. The summed E-state index contributed by atoms with van der Waals surface area (Å²) in [6, 6.07) is 6.05. The van der Waals surface area contributed by atoms with E-state index in [2.05, 4.69) is 4.99 Å². The first-order valence-electron chi connectivity index (χ1n) is 4.09. The smallest absolute Gasteiger partial charge is 0.235 e. The quantitative estimate of drug-likeness (QED) is 0.544. The number of halogens is 1. The topological polar surface area (TPSA) is 38.7 Å². The van der Waals surface area contributed by atoms with Gasteiger partial charge in [0.1, 0.15) is 18.5 Å². The van der Waals surface area contributed by atoms with Gasteiger partial charge in [0.2, 0.25) is 6.08 Å². The van der Waals surface area contributed by atoms with Crippen LogP contribution in [0.3, 0.4) is 0 Å². The maximum atomic E-state index is 12.5. The molecule has 1 rings (SSSR count). The molecule has 0 aliphatic heterocycles. The Labute approximate surface area is 81.2 Å². The SMILES string of the molecule is COc1ccccc1C(CF)N=C=O. The maximum Gasteiger partial charge on any atom is 0.235 e. The molecule has 0 heterocycles. The second-order valence-corrected chi connectivity index (χ2v) is 2.63. The minimum absolute atomic E-state index is 0.522. The van der Waals surface area contributed by atoms with Crippen molar-refractivity contribution in [1.82, 2.24) is 0 Å². The highest BCUT2D eigenvalue weighted by Crippen LogP contribution is 2.27. The number of alkyl halides is 1. The number of hydrogen-bond donors (Lipinski definition) is 0. The van der Waals surface area contributed by atoms with Gasteiger partial charge in [-0.1, -0.05) is 18.2 Å². The second-order valence-electron chi connectivity index (χ2n) is 2.63. The maximum absolute atomic E-state index is 12.5. The van der Waals surface area contributed by atoms with Crippen LogP contribution in [0.15, 0.2) is 29.3 Å². The number of benzene rings is 1. The van der Waals surface area contributed by atoms with E-state index in [4.69, 9.17) is 4.74 Å². The van der Waals surface area contributed by atoms with Gasteiger partial charge in [-0.05, 0) is 6.07 Å². The molecule has 1 aromatic rings. The first-order valence-corrected chi connectivity index (χ1v) is 4.09. The van der Waals surface area contributed by atoms with E-state index < -0.39 is 12.7 Å². The molecule has 0 N–H and O–H groups in total. The van der Waals surface area contributed by atoms with E-state index in [9.17, 15) is 9.18 Å². The first-order chi connectivity index (χ1) is 6.83. The van der Waals surface area contributed by atoms with Crippen LogP contribution in [0.25, 0.3) is 0 Å². The fraction of sp³-hybridized carbons (Fsp3) is 0.300. The van der Waals surface area contributed by atoms with Crippen molar-refractivity contribution in [3.8, 4) is 5.75 Å². The molecule has 14 heavy (non-hydrogen) atoms. The van der Waals surface area contributed by atoms with E-state index in [1.807, 2.05) is 0 Å². The normalized spacial score (nSPS) is 11.6. The standard InChI is InChI=1S/C10H10FNO2/c1-14-10-5-3-2-4-8(10)9(6-11)12-7-13/h2-5,9H,6H2,1H3. The minimum Gasteiger partial charge on any atom is -0.496 e. The Morgan fingerprint density at radius 2 is 2.29 bits per heavy atom. The van der Waals surface area contributed by atoms with Gasteiger partial charge in [-0.25, -0.2) is 9.18 Å². The predicted molar refractivity (Wildman–Crippen MR) is 49.8 cm³/mol. The Morgan fingerprint density at radius 1 is 1.57 bits per heavy atom. The fourth-order valence-electron chi connectivity index (χ4n) is 1.19. The highest BCUT2D eigenvalue weighted by Gasteiger charge is 2.13. The number of nitrogens with zero attached hydrogens (tertiary/aromatic N) is 1. The zero-order valence-corrected chi connectivity index (χ0v) is 7.74. The highest BCUT2D eigenvalue weighted by atomic mass is 19.1. The molecule has 0 bridgehead atoms. The van der Waals surface area contributed by atoms with Crippen LogP contribution in [0, 0.1) is 0 Å². The summed E-state index contributed by atoms with van der Waals surface area (Å²) in [6.07, 6.45) is 1.35. The lowest BCUT2D eigenvalue weighted by Crippen LogP contribution is -2.00. The summed E-state index contributed by atoms with van der Waals surface area (Å²) in [5, 5.41) is 0. The number of rotatable bonds is 4. The largest absolute Gasteiger partial charge is 0.496 e. The van der Waals surface area contributed by atoms with Crippen LogP contribution in [-0.2, 0) is 4.79 Å². The van der Waals surface area contributed by atoms with Crippen molar-refractivity contribution in [3.63, 3.8) is 0 Å². The number of methoxy groups -OCH3 is 1. The molecule has 0 aliphatic carbocycles. The minimum atomic E-state index is -0.816. The van der Waals surface area contributed by atoms with Gasteiger partial charge in [0.05, 0.1) is 7.11 Å². The molecular weight excluding hydrogens is 185 g/mol. The molecule has 0 aliphatic rings. The third-order valence-corrected chi connectivity index (χ3v) is 1.85. The van der Waals surface area contributed by atoms with Gasteiger partial charge in [0, 0.05) is 5.56 Å². The van der Waals surface area contributed by atoms with Crippen molar-refractivity contribution in [1.29, 1.82) is 0 Å². The van der Waals surface area contributed by atoms with Gasteiger partial charge in [-0.3, -0.25) is 0 Å². The van der Waals surface area contributed by atoms with E-state index in [0.717, 1.165) is 0 Å². The lowest BCUT2D eigenvalue weighted by atomic mass is 10.1. The summed E-state index contributed by atoms with van der Waals surface area (Å²) in [4.78, 5) is 13.4. The number of isocyanates is 1. The zero-order chi connectivity index (χ0) is 10.4. The lowest BCUT2D eigenvalue weighted by Gasteiger charge is -2.10. The van der Waals surface area contributed by atoms with Crippen molar-refractivity contribution in [2.24, 2.45) is 4.99 Å². The Hall–Kier alpha value is -1.67. The molecule has 0 saturated carbocycles. The molecule has 0 saturated heterocycles. The molecule has 4 heteroatoms. The van der Waals surface area contributed by atoms with Crippen LogP contribution in [0.2, 0.25) is 0 Å². The molecule has 3 nitrogen and oxygen atoms in total. The Morgan fingerprint density at radius 3 is 2.86 bits per heavy atom. The van der Waals surface area contributed by atoms with Crippen LogP contribution in [-0.4, -0.2) is 19.9 Å². The van der Waals surface area contributed by atoms with Gasteiger partial charge in [-0.15, -0.1) is 0 Å². The number of ether oxygens (including phenoxy) is 1. The lowest BCUT2D eigenvalue weighted by molar-refractivity contribution is 0.389. The van der Waals surface area contributed by atoms with Gasteiger partial charge >= 0.3 is 0 Å². The van der Waals surface area contributed by atoms with E-state index in [-0.39, 0.29) is 0 Å². The summed E-state index contributed by atoms with van der Waals surface area (Å²) in [5.41, 5.74) is 0.556. The van der Waals surface area contributed by atoms with E-state index in [1.54, 1.807) is 24.3 Å². The summed E-state index contributed by atoms with van der Waals surface area (Å²) >= 11 is 0. The van der Waals surface area contributed by atoms with Crippen molar-refractivity contribution in [2.75, 3.05) is 13.8 Å². The summed E-state index contributed by atoms with van der Waals surface area (Å²) < 4.78 is 17.5. The van der Waals surface area contributed by atoms with E-state index in [0.29, 0.717) is 11.3 Å². The Kier molecular flexibility index (Phi) is 3.83. The molecule has 1 aromatic carbocycles. The Bertz CT molecular complexity index is 348. The van der Waals surface area contributed by atoms with Crippen LogP contribution in [0.4, 0.5) is 4.39 Å². The highest BCUT2D eigenvalue weighted by molar-refractivity contribution is 5.40. The predicted octanol–water partition coefficient (Wildman–Crippen LogP) is 2.04. The monoisotopic (exact) mass is 195 g/mol. The van der Waals surface area contributed by atoms with E-state index >= 15 is 0 Å². The third-order valence-electron chi connectivity index (χ3n) is 1.85. The number of hydrogen-bond acceptors (Lipinski definition) is 3. The third kappa shape index (κ3) is 2.18. The molecule has 0 spiro atoms. The van der Waals surface area contributed by atoms with Gasteiger partial charge in [0.15, 0.2) is 0 Å². The number of aliphatic imine (C=N–C) groups is 1. The summed E-state index contributed by atoms with van der Waals surface area (Å²) in [7, 11) is 1.48. The summed E-state index contributed by atoms with van der Waals surface area (Å²) in [5.74, 6) is 0.522. The molecular formula is C10H10FNO2. The number of carbonyl (C=O) groups excluding carboxylic acids is 1. The van der Waals surface area contributed by atoms with Gasteiger partial charge < -0.3 is 4.74 Å². The first kappa shape index (κ1) is 10.4. The zero-order valence-electron chi connectivity index (χ0n) is 7.74. The molecule has 0 aromatic heterocycles. The Balaban J connectivity index is 3.08. The van der Waals surface area contributed by atoms with Crippen molar-refractivity contribution < 1.29 is 13.9 Å². The molecule has 0 radical (unpaired) electrons. The fourth-order valence-corrected chi connectivity index (χ4v) is 1.19. The number of para-hydroxylation sites is 1. The molecule has 0 amide bonds. The summed E-state index contributed by atoms with van der Waals surface area (Å²) in [6.45, 7) is -0.740. The molecule has 1 atom stereocenters. The van der Waals surface area contributed by atoms with Gasteiger partial charge in [0.25, 0.3) is 0 Å². The van der Waals surface area contributed by atoms with Crippen LogP contribution in [0.5, 0.6) is 5.75 Å². The van der Waals surface area contributed by atoms with Crippen molar-refractivity contribution in [3.05, 3.63) is 29.8 Å². The van der Waals surface area contributed by atoms with Crippen LogP contribution >= 0.6 is 0 Å². The van der Waals surface area contributed by atoms with Crippen molar-refractivity contribution >= 4 is 6.08 Å². The average molecular weight is 195 g/mol. The van der Waals surface area contributed by atoms with Crippen LogP contribution in [0.1, 0.15) is 11.6 Å². The van der Waals surface area contributed by atoms with Gasteiger partial charge in [-0.2, -0.15) is 4.99 Å². The van der Waals surface area contributed by atoms with Crippen molar-refractivity contribution in [2.45, 2.75) is 6.04 Å². The molecule has 0 fully saturated rings. The average Bonchev–Trinajstić information content (AvgIpc) is 2.26. The van der Waals surface area contributed by atoms with E-state index in [1.165, 1.54) is 13.2 Å². The molecule has 1 unspecified atom stereocenters. The second kappa shape index (κ2) is 5.14. The van der Waals surface area contributed by atoms with Crippen LogP contribution < -0.4 is 4.74 Å².